The van der Waals surface area contributed by atoms with E-state index in [4.69, 9.17) is 11.8 Å². The maximum absolute atomic E-state index is 6.25. The summed E-state index contributed by atoms with van der Waals surface area (Å²) in [4.78, 5) is 0. The Morgan fingerprint density at radius 3 is 1.33 bits per heavy atom. The van der Waals surface area contributed by atoms with Crippen LogP contribution in [0, 0.1) is 11.8 Å². The summed E-state index contributed by atoms with van der Waals surface area (Å²) in [6, 6.07) is 0. The van der Waals surface area contributed by atoms with Crippen LogP contribution in [0.4, 0.5) is 0 Å². The first-order chi connectivity index (χ1) is 1.00. The van der Waals surface area contributed by atoms with Crippen LogP contribution in [0.3, 0.4) is 0 Å². The van der Waals surface area contributed by atoms with Gasteiger partial charge in [-0.1, -0.05) is 0 Å². The van der Waals surface area contributed by atoms with E-state index >= 15 is 0 Å². The van der Waals surface area contributed by atoms with E-state index in [1.54, 1.807) is 0 Å². The van der Waals surface area contributed by atoms with Gasteiger partial charge in [0.2, 0.25) is 0 Å². The summed E-state index contributed by atoms with van der Waals surface area (Å²) >= 11 is 0. The van der Waals surface area contributed by atoms with Gasteiger partial charge in [-0.15, -0.1) is 0 Å². The minimum atomic E-state index is 0. The van der Waals surface area contributed by atoms with Gasteiger partial charge in [0.1, 0.15) is 0 Å². The molecular formula is CHFeMnNNaNi-. The summed E-state index contributed by atoms with van der Waals surface area (Å²) in [5, 5.41) is 6.25. The topological polar surface area (TPSA) is 23.8 Å². The van der Waals surface area contributed by atoms with Crippen LogP contribution < -0.4 is 29.6 Å². The van der Waals surface area contributed by atoms with Crippen molar-refractivity contribution in [1.29, 1.82) is 5.26 Å². The Morgan fingerprint density at radius 1 is 1.33 bits per heavy atom. The van der Waals surface area contributed by atoms with Crippen molar-refractivity contribution in [2.45, 2.75) is 0 Å². The van der Waals surface area contributed by atoms with Crippen LogP contribution in [0.15, 0.2) is 0 Å². The predicted molar refractivity (Wildman–Crippen MR) is 6.08 cm³/mol. The van der Waals surface area contributed by atoms with Crippen molar-refractivity contribution in [3.8, 4) is 0 Å². The summed E-state index contributed by atoms with van der Waals surface area (Å²) < 4.78 is 0. The molecule has 0 amide bonds. The van der Waals surface area contributed by atoms with Gasteiger partial charge in [0, 0.05) is 50.6 Å². The molecule has 0 aliphatic heterocycles. The minimum absolute atomic E-state index is 0. The van der Waals surface area contributed by atoms with E-state index in [-0.39, 0.29) is 81.6 Å². The average molecular weight is 219 g/mol. The fourth-order valence-electron chi connectivity index (χ4n) is 0. The molecule has 0 N–H and O–H groups in total. The summed E-state index contributed by atoms with van der Waals surface area (Å²) in [5.74, 6) is 0. The zero-order valence-corrected chi connectivity index (χ0v) is 8.27. The zero-order valence-electron chi connectivity index (χ0n) is 3.99. The quantitative estimate of drug-likeness (QED) is 0.319. The molecular weight excluding hydrogens is 218 g/mol. The molecule has 0 heterocycles. The summed E-state index contributed by atoms with van der Waals surface area (Å²) in [7, 11) is 0. The first kappa shape index (κ1) is 43.3. The fourth-order valence-corrected chi connectivity index (χ4v) is 0. The van der Waals surface area contributed by atoms with Crippen LogP contribution in [-0.2, 0) is 50.6 Å². The van der Waals surface area contributed by atoms with Crippen molar-refractivity contribution < 1.29 is 81.6 Å². The van der Waals surface area contributed by atoms with Crippen LogP contribution >= 0.6 is 0 Å². The molecule has 0 aromatic rings. The van der Waals surface area contributed by atoms with Crippen LogP contribution in [0.1, 0.15) is 1.43 Å². The average Bonchev–Trinajstić information content (AvgIpc) is 1.00. The first-order valence-electron chi connectivity index (χ1n) is 0.224. The molecule has 0 fully saturated rings. The molecule has 1 radical (unpaired) electrons. The molecule has 0 saturated heterocycles. The van der Waals surface area contributed by atoms with Crippen LogP contribution in [0.25, 0.3) is 0 Å². The molecule has 0 saturated carbocycles. The molecule has 0 atom stereocenters. The van der Waals surface area contributed by atoms with Crippen molar-refractivity contribution in [2.24, 2.45) is 0 Å². The van der Waals surface area contributed by atoms with Gasteiger partial charge in [-0.05, 0) is 0 Å². The molecule has 6 heavy (non-hydrogen) atoms. The maximum atomic E-state index is 6.25. The Hall–Kier alpha value is 2.02. The number of hydrogen-bond acceptors (Lipinski definition) is 1. The summed E-state index contributed by atoms with van der Waals surface area (Å²) in [6.07, 6.45) is 0. The minimum Gasteiger partial charge on any atom is -1.00 e. The van der Waals surface area contributed by atoms with Gasteiger partial charge in [-0.2, -0.15) is 0 Å². The second-order valence-corrected chi connectivity index (χ2v) is 0. The van der Waals surface area contributed by atoms with E-state index < -0.39 is 0 Å². The summed E-state index contributed by atoms with van der Waals surface area (Å²) in [5.41, 5.74) is 0. The van der Waals surface area contributed by atoms with Crippen molar-refractivity contribution >= 4 is 0 Å². The Kier molecular flexibility index (Phi) is 449. The first-order valence-corrected chi connectivity index (χ1v) is 0.224. The maximum Gasteiger partial charge on any atom is 1.00 e. The Labute approximate surface area is 92.3 Å². The molecule has 0 bridgehead atoms. The van der Waals surface area contributed by atoms with E-state index in [9.17, 15) is 0 Å². The molecule has 0 spiro atoms. The number of rotatable bonds is 0. The largest absolute Gasteiger partial charge is 1.00 e. The van der Waals surface area contributed by atoms with E-state index in [0.29, 0.717) is 0 Å². The summed E-state index contributed by atoms with van der Waals surface area (Å²) in [6.45, 7) is 4.75. The van der Waals surface area contributed by atoms with Crippen LogP contribution in [-0.4, -0.2) is 0 Å². The smallest absolute Gasteiger partial charge is 1.00 e. The number of nitrogens with zero attached hydrogens (tertiary/aromatic N) is 1. The molecule has 0 aromatic heterocycles. The Bertz CT molecular complexity index is 24.4. The molecule has 0 aromatic carbocycles. The molecule has 0 aliphatic carbocycles. The standard InChI is InChI=1S/CN.Fe.Mn.Na.Ni.H/c1-2;;;;;/q-1;;;+1;;-1. The molecule has 0 rings (SSSR count). The molecule has 0 aliphatic rings. The predicted octanol–water partition coefficient (Wildman–Crippen LogP) is -2.79. The molecule has 0 unspecified atom stereocenters. The van der Waals surface area contributed by atoms with Gasteiger partial charge in [0.05, 0.1) is 0 Å². The molecule has 1 nitrogen and oxygen atoms in total. The third-order valence-electron chi connectivity index (χ3n) is 0. The zero-order chi connectivity index (χ0) is 2.00. The van der Waals surface area contributed by atoms with E-state index in [0.717, 1.165) is 0 Å². The molecule has 37 valence electrons. The van der Waals surface area contributed by atoms with Gasteiger partial charge in [-0.25, -0.2) is 0 Å². The third-order valence-corrected chi connectivity index (χ3v) is 0. The van der Waals surface area contributed by atoms with Gasteiger partial charge >= 0.3 is 29.6 Å². The Morgan fingerprint density at radius 2 is 1.33 bits per heavy atom. The van der Waals surface area contributed by atoms with E-state index in [1.807, 2.05) is 0 Å². The van der Waals surface area contributed by atoms with Gasteiger partial charge in [0.15, 0.2) is 0 Å². The Balaban J connectivity index is -0.000000000500. The van der Waals surface area contributed by atoms with Crippen LogP contribution in [0.5, 0.6) is 0 Å². The third kappa shape index (κ3) is 37.1. The van der Waals surface area contributed by atoms with Crippen molar-refractivity contribution in [2.75, 3.05) is 0 Å². The van der Waals surface area contributed by atoms with Gasteiger partial charge < -0.3 is 13.3 Å². The van der Waals surface area contributed by atoms with Crippen molar-refractivity contribution in [1.82, 2.24) is 0 Å². The monoisotopic (exact) mass is 219 g/mol. The second kappa shape index (κ2) is 62.3. The SMILES string of the molecule is [C-]#N.[Fe].[H-].[Mn].[Na+].[Ni]. The van der Waals surface area contributed by atoms with Crippen LogP contribution in [0.2, 0.25) is 0 Å². The van der Waals surface area contributed by atoms with Gasteiger partial charge in [0.25, 0.3) is 0 Å². The molecule has 5 heteroatoms. The number of hydrogen-bond donors (Lipinski definition) is 0. The van der Waals surface area contributed by atoms with Gasteiger partial charge in [-0.3, -0.25) is 0 Å². The van der Waals surface area contributed by atoms with E-state index in [1.165, 1.54) is 0 Å². The fraction of sp³-hybridized carbons (Fsp3) is 0. The van der Waals surface area contributed by atoms with E-state index in [2.05, 4.69) is 0 Å². The second-order valence-electron chi connectivity index (χ2n) is 0. The van der Waals surface area contributed by atoms with Crippen molar-refractivity contribution in [3.63, 3.8) is 0 Å². The van der Waals surface area contributed by atoms with Crippen molar-refractivity contribution in [3.05, 3.63) is 6.57 Å². The normalized spacial score (nSPS) is 0.333.